The summed E-state index contributed by atoms with van der Waals surface area (Å²) in [5.41, 5.74) is 0. The van der Waals surface area contributed by atoms with Crippen molar-refractivity contribution in [1.82, 2.24) is 4.98 Å². The van der Waals surface area contributed by atoms with Gasteiger partial charge in [-0.3, -0.25) is 9.69 Å². The SMILES string of the molecule is O=C1CC(CS(=O)(=O)F)CN1c1ncc(Cl)cc1Cl. The molecule has 1 saturated heterocycles. The molecular weight excluding hydrogens is 318 g/mol. The highest BCUT2D eigenvalue weighted by atomic mass is 35.5. The summed E-state index contributed by atoms with van der Waals surface area (Å²) in [6.45, 7) is 0.0658. The zero-order valence-electron chi connectivity index (χ0n) is 9.51. The number of hydrogen-bond donors (Lipinski definition) is 0. The third kappa shape index (κ3) is 3.55. The first-order chi connectivity index (χ1) is 8.76. The zero-order valence-corrected chi connectivity index (χ0v) is 11.8. The average molecular weight is 327 g/mol. The van der Waals surface area contributed by atoms with Crippen molar-refractivity contribution in [3.63, 3.8) is 0 Å². The van der Waals surface area contributed by atoms with Crippen LogP contribution in [0.25, 0.3) is 0 Å². The van der Waals surface area contributed by atoms with Crippen molar-refractivity contribution in [1.29, 1.82) is 0 Å². The summed E-state index contributed by atoms with van der Waals surface area (Å²) in [6.07, 6.45) is 1.28. The number of carbonyl (C=O) groups is 1. The molecule has 2 heterocycles. The zero-order chi connectivity index (χ0) is 14.2. The number of hydrogen-bond acceptors (Lipinski definition) is 4. The fraction of sp³-hybridized carbons (Fsp3) is 0.400. The number of amides is 1. The van der Waals surface area contributed by atoms with E-state index in [0.29, 0.717) is 5.02 Å². The van der Waals surface area contributed by atoms with E-state index in [1.165, 1.54) is 17.2 Å². The van der Waals surface area contributed by atoms with Crippen LogP contribution in [0.5, 0.6) is 0 Å². The molecular formula is C10H9Cl2FN2O3S. The molecule has 0 saturated carbocycles. The molecule has 0 radical (unpaired) electrons. The molecule has 9 heteroatoms. The lowest BCUT2D eigenvalue weighted by molar-refractivity contribution is -0.117. The predicted octanol–water partition coefficient (Wildman–Crippen LogP) is 2.04. The summed E-state index contributed by atoms with van der Waals surface area (Å²) in [4.78, 5) is 17.0. The van der Waals surface area contributed by atoms with Crippen LogP contribution in [0.15, 0.2) is 12.3 Å². The molecule has 0 aliphatic carbocycles. The van der Waals surface area contributed by atoms with Crippen molar-refractivity contribution in [2.24, 2.45) is 5.92 Å². The molecule has 1 aliphatic heterocycles. The van der Waals surface area contributed by atoms with Gasteiger partial charge in [0, 0.05) is 25.1 Å². The molecule has 2 rings (SSSR count). The summed E-state index contributed by atoms with van der Waals surface area (Å²) >= 11 is 11.6. The smallest absolute Gasteiger partial charge is 0.295 e. The highest BCUT2D eigenvalue weighted by molar-refractivity contribution is 7.86. The lowest BCUT2D eigenvalue weighted by Crippen LogP contribution is -2.26. The van der Waals surface area contributed by atoms with Gasteiger partial charge in [-0.1, -0.05) is 23.2 Å². The molecule has 0 N–H and O–H groups in total. The van der Waals surface area contributed by atoms with E-state index in [-0.39, 0.29) is 29.7 Å². The van der Waals surface area contributed by atoms with Gasteiger partial charge in [-0.15, -0.1) is 3.89 Å². The van der Waals surface area contributed by atoms with Gasteiger partial charge in [-0.05, 0) is 6.07 Å². The van der Waals surface area contributed by atoms with Gasteiger partial charge >= 0.3 is 10.2 Å². The van der Waals surface area contributed by atoms with Gasteiger partial charge in [-0.2, -0.15) is 8.42 Å². The van der Waals surface area contributed by atoms with E-state index in [4.69, 9.17) is 23.2 Å². The van der Waals surface area contributed by atoms with Crippen LogP contribution in [0.1, 0.15) is 6.42 Å². The number of anilines is 1. The molecule has 1 amide bonds. The van der Waals surface area contributed by atoms with Crippen molar-refractivity contribution in [3.05, 3.63) is 22.3 Å². The molecule has 1 aliphatic rings. The molecule has 1 aromatic heterocycles. The maximum absolute atomic E-state index is 12.6. The van der Waals surface area contributed by atoms with E-state index in [1.54, 1.807) is 0 Å². The van der Waals surface area contributed by atoms with Crippen LogP contribution in [0, 0.1) is 5.92 Å². The van der Waals surface area contributed by atoms with Crippen LogP contribution in [0.3, 0.4) is 0 Å². The summed E-state index contributed by atoms with van der Waals surface area (Å²) in [5, 5.41) is 0.507. The van der Waals surface area contributed by atoms with Crippen LogP contribution < -0.4 is 4.90 Å². The monoisotopic (exact) mass is 326 g/mol. The number of halogens is 3. The Bertz CT molecular complexity index is 623. The third-order valence-electron chi connectivity index (χ3n) is 2.68. The third-order valence-corrected chi connectivity index (χ3v) is 4.04. The topological polar surface area (TPSA) is 67.3 Å². The lowest BCUT2D eigenvalue weighted by atomic mass is 10.1. The number of aromatic nitrogens is 1. The van der Waals surface area contributed by atoms with Gasteiger partial charge < -0.3 is 0 Å². The fourth-order valence-corrected chi connectivity index (χ4v) is 3.25. The molecule has 1 aromatic rings. The normalized spacial score (nSPS) is 20.1. The summed E-state index contributed by atoms with van der Waals surface area (Å²) in [7, 11) is -4.61. The Balaban J connectivity index is 2.20. The van der Waals surface area contributed by atoms with E-state index < -0.39 is 21.9 Å². The van der Waals surface area contributed by atoms with E-state index >= 15 is 0 Å². The van der Waals surface area contributed by atoms with Crippen molar-refractivity contribution in [3.8, 4) is 0 Å². The maximum atomic E-state index is 12.6. The van der Waals surface area contributed by atoms with Crippen molar-refractivity contribution < 1.29 is 17.1 Å². The predicted molar refractivity (Wildman–Crippen MR) is 69.6 cm³/mol. The Labute approximate surface area is 119 Å². The minimum Gasteiger partial charge on any atom is -0.295 e. The second-order valence-corrected chi connectivity index (χ2v) is 6.49. The van der Waals surface area contributed by atoms with E-state index in [1.807, 2.05) is 0 Å². The number of rotatable bonds is 3. The van der Waals surface area contributed by atoms with Crippen LogP contribution in [-0.4, -0.2) is 31.6 Å². The first-order valence-corrected chi connectivity index (χ1v) is 7.61. The Hall–Kier alpha value is -0.920. The molecule has 0 aromatic carbocycles. The van der Waals surface area contributed by atoms with E-state index in [9.17, 15) is 17.1 Å². The molecule has 104 valence electrons. The summed E-state index contributed by atoms with van der Waals surface area (Å²) in [5.74, 6) is -1.42. The number of pyridine rings is 1. The van der Waals surface area contributed by atoms with Gasteiger partial charge in [0.1, 0.15) is 0 Å². The minimum absolute atomic E-state index is 0.0518. The Morgan fingerprint density at radius 1 is 1.47 bits per heavy atom. The second-order valence-electron chi connectivity index (χ2n) is 4.24. The molecule has 1 unspecified atom stereocenters. The van der Waals surface area contributed by atoms with E-state index in [0.717, 1.165) is 0 Å². The highest BCUT2D eigenvalue weighted by Gasteiger charge is 2.35. The Morgan fingerprint density at radius 2 is 2.16 bits per heavy atom. The van der Waals surface area contributed by atoms with Gasteiger partial charge in [-0.25, -0.2) is 4.98 Å². The van der Waals surface area contributed by atoms with Gasteiger partial charge in [0.25, 0.3) is 0 Å². The first-order valence-electron chi connectivity index (χ1n) is 5.30. The molecule has 5 nitrogen and oxygen atoms in total. The number of nitrogens with zero attached hydrogens (tertiary/aromatic N) is 2. The van der Waals surface area contributed by atoms with Crippen LogP contribution >= 0.6 is 23.2 Å². The average Bonchev–Trinajstić information content (AvgIpc) is 2.56. The molecule has 1 fully saturated rings. The fourth-order valence-electron chi connectivity index (χ4n) is 1.99. The molecule has 0 bridgehead atoms. The largest absolute Gasteiger partial charge is 0.302 e. The van der Waals surface area contributed by atoms with Gasteiger partial charge in [0.15, 0.2) is 5.82 Å². The Kier molecular flexibility index (Phi) is 3.98. The molecule has 19 heavy (non-hydrogen) atoms. The number of carbonyl (C=O) groups excluding carboxylic acids is 1. The second kappa shape index (κ2) is 5.22. The summed E-state index contributed by atoms with van der Waals surface area (Å²) in [6, 6.07) is 1.43. The van der Waals surface area contributed by atoms with Crippen LogP contribution in [0.2, 0.25) is 10.0 Å². The van der Waals surface area contributed by atoms with Gasteiger partial charge in [0.05, 0.1) is 15.8 Å². The van der Waals surface area contributed by atoms with Gasteiger partial charge in [0.2, 0.25) is 5.91 Å². The highest BCUT2D eigenvalue weighted by Crippen LogP contribution is 2.31. The van der Waals surface area contributed by atoms with Crippen molar-refractivity contribution >= 4 is 45.2 Å². The van der Waals surface area contributed by atoms with Crippen LogP contribution in [0.4, 0.5) is 9.70 Å². The van der Waals surface area contributed by atoms with E-state index in [2.05, 4.69) is 4.98 Å². The van der Waals surface area contributed by atoms with Crippen molar-refractivity contribution in [2.45, 2.75) is 6.42 Å². The molecule has 0 spiro atoms. The standard InChI is InChI=1S/C10H9Cl2FN2O3S/c11-7-2-8(12)10(14-3-7)15-4-6(1-9(15)16)5-19(13,17)18/h2-3,6H,1,4-5H2. The quantitative estimate of drug-likeness (QED) is 0.797. The molecule has 1 atom stereocenters. The Morgan fingerprint density at radius 3 is 2.74 bits per heavy atom. The first kappa shape index (κ1) is 14.5. The lowest BCUT2D eigenvalue weighted by Gasteiger charge is -2.16. The van der Waals surface area contributed by atoms with Crippen molar-refractivity contribution in [2.75, 3.05) is 17.2 Å². The summed E-state index contributed by atoms with van der Waals surface area (Å²) < 4.78 is 33.8. The minimum atomic E-state index is -4.61. The van der Waals surface area contributed by atoms with Crippen LogP contribution in [-0.2, 0) is 15.0 Å². The maximum Gasteiger partial charge on any atom is 0.302 e.